The molecule has 6 fully saturated rings. The van der Waals surface area contributed by atoms with Gasteiger partial charge < -0.3 is 50.1 Å². The largest absolute Gasteiger partial charge is 0.469 e. The first-order chi connectivity index (χ1) is 25.1. The van der Waals surface area contributed by atoms with Crippen LogP contribution in [0.15, 0.2) is 0 Å². The maximum Gasteiger partial charge on any atom is 0.305 e. The maximum atomic E-state index is 12.4. The molecule has 8 bridgehead atoms. The number of aliphatic hydroxyl groups excluding tert-OH is 1. The molecular weight excluding hydrogens is 660 g/mol. The first-order valence-corrected chi connectivity index (χ1v) is 21.1. The molecule has 52 heavy (non-hydrogen) atoms. The lowest BCUT2D eigenvalue weighted by molar-refractivity contribution is -0.141. The Labute approximate surface area is 314 Å². The van der Waals surface area contributed by atoms with Crippen molar-refractivity contribution in [3.8, 4) is 0 Å². The monoisotopic (exact) mass is 735 g/mol. The van der Waals surface area contributed by atoms with Gasteiger partial charge in [-0.25, -0.2) is 0 Å². The highest BCUT2D eigenvalue weighted by Crippen LogP contribution is 2.50. The van der Waals surface area contributed by atoms with Crippen LogP contribution in [0.2, 0.25) is 0 Å². The highest BCUT2D eigenvalue weighted by Gasteiger charge is 2.58. The molecule has 0 radical (unpaired) electrons. The quantitative estimate of drug-likeness (QED) is 0.125. The number of carbonyl (C=O) groups excluding carboxylic acids is 1. The van der Waals surface area contributed by atoms with E-state index in [9.17, 15) is 9.90 Å². The number of fused-ring (bicyclic) bond motifs is 8. The van der Waals surface area contributed by atoms with Crippen molar-refractivity contribution in [3.05, 3.63) is 0 Å². The van der Waals surface area contributed by atoms with Gasteiger partial charge in [-0.1, -0.05) is 41.0 Å². The average Bonchev–Trinajstić information content (AvgIpc) is 3.88. The number of carbonyl (C=O) groups is 1. The molecule has 0 spiro atoms. The zero-order valence-electron chi connectivity index (χ0n) is 33.6. The second-order valence-corrected chi connectivity index (χ2v) is 17.8. The van der Waals surface area contributed by atoms with Crippen LogP contribution in [0.4, 0.5) is 0 Å². The fourth-order valence-corrected chi connectivity index (χ4v) is 12.6. The highest BCUT2D eigenvalue weighted by atomic mass is 16.6. The summed E-state index contributed by atoms with van der Waals surface area (Å²) < 4.78 is 28.1. The van der Waals surface area contributed by atoms with Gasteiger partial charge in [-0.15, -0.1) is 0 Å². The van der Waals surface area contributed by atoms with Crippen LogP contribution >= 0.6 is 0 Å². The fourth-order valence-electron chi connectivity index (χ4n) is 12.6. The van der Waals surface area contributed by atoms with E-state index in [1.165, 1.54) is 13.5 Å². The molecule has 5 aliphatic heterocycles. The molecule has 11 nitrogen and oxygen atoms in total. The SMILES string of the molecule is CCC1C2CC3NC4C(CC(O)C4C3C)C3NC(CC4NC(CC(N2)C1C)C(C(C)OCCOCCOCCOC)C4C)[C@@H](C)[C@@H]3CCC(=O)OC. The molecule has 0 amide bonds. The molecule has 1 aliphatic carbocycles. The van der Waals surface area contributed by atoms with Gasteiger partial charge in [0, 0.05) is 73.7 Å². The highest BCUT2D eigenvalue weighted by molar-refractivity contribution is 5.69. The van der Waals surface area contributed by atoms with E-state index < -0.39 is 0 Å². The Balaban J connectivity index is 1.22. The van der Waals surface area contributed by atoms with Gasteiger partial charge in [0.25, 0.3) is 0 Å². The van der Waals surface area contributed by atoms with Crippen LogP contribution in [0.1, 0.15) is 86.5 Å². The number of methoxy groups -OCH3 is 2. The van der Waals surface area contributed by atoms with E-state index in [-0.39, 0.29) is 30.1 Å². The minimum absolute atomic E-state index is 0.0998. The molecule has 11 heteroatoms. The van der Waals surface area contributed by atoms with Gasteiger partial charge in [0.15, 0.2) is 0 Å². The number of hydrogen-bond donors (Lipinski definition) is 5. The first kappa shape index (κ1) is 40.8. The number of aliphatic hydroxyl groups is 1. The molecular formula is C41H74N4O7. The summed E-state index contributed by atoms with van der Waals surface area (Å²) in [7, 11) is 3.18. The third-order valence-electron chi connectivity index (χ3n) is 15.4. The van der Waals surface area contributed by atoms with Crippen LogP contribution in [0, 0.1) is 53.3 Å². The molecule has 0 aromatic carbocycles. The van der Waals surface area contributed by atoms with Crippen molar-refractivity contribution in [1.82, 2.24) is 21.3 Å². The van der Waals surface area contributed by atoms with Crippen LogP contribution in [0.3, 0.4) is 0 Å². The van der Waals surface area contributed by atoms with Gasteiger partial charge >= 0.3 is 5.97 Å². The summed E-state index contributed by atoms with van der Waals surface area (Å²) in [4.78, 5) is 12.4. The zero-order valence-corrected chi connectivity index (χ0v) is 33.6. The van der Waals surface area contributed by atoms with E-state index in [4.69, 9.17) is 23.7 Å². The molecule has 5 N–H and O–H groups in total. The molecule has 1 saturated carbocycles. The van der Waals surface area contributed by atoms with E-state index in [1.807, 2.05) is 0 Å². The molecule has 300 valence electrons. The zero-order chi connectivity index (χ0) is 37.1. The van der Waals surface area contributed by atoms with Gasteiger partial charge in [-0.3, -0.25) is 4.79 Å². The molecule has 5 saturated heterocycles. The van der Waals surface area contributed by atoms with Crippen LogP contribution in [0.25, 0.3) is 0 Å². The van der Waals surface area contributed by atoms with Crippen molar-refractivity contribution in [2.75, 3.05) is 53.9 Å². The van der Waals surface area contributed by atoms with Crippen molar-refractivity contribution in [3.63, 3.8) is 0 Å². The number of nitrogens with one attached hydrogen (secondary N) is 4. The minimum Gasteiger partial charge on any atom is -0.469 e. The molecule has 19 atom stereocenters. The Hall–Kier alpha value is -0.890. The Morgan fingerprint density at radius 3 is 1.98 bits per heavy atom. The number of hydrogen-bond acceptors (Lipinski definition) is 11. The van der Waals surface area contributed by atoms with Crippen molar-refractivity contribution in [2.24, 2.45) is 53.3 Å². The van der Waals surface area contributed by atoms with Crippen LogP contribution in [0.5, 0.6) is 0 Å². The third kappa shape index (κ3) is 8.58. The summed E-state index contributed by atoms with van der Waals surface area (Å²) in [6.45, 7) is 17.8. The van der Waals surface area contributed by atoms with E-state index >= 15 is 0 Å². The van der Waals surface area contributed by atoms with Gasteiger partial charge in [0.05, 0.1) is 59.0 Å². The lowest BCUT2D eigenvalue weighted by atomic mass is 9.76. The molecule has 0 aromatic rings. The van der Waals surface area contributed by atoms with Crippen molar-refractivity contribution in [1.29, 1.82) is 0 Å². The number of rotatable bonds is 15. The Bertz CT molecular complexity index is 1130. The second kappa shape index (κ2) is 18.4. The van der Waals surface area contributed by atoms with Crippen LogP contribution in [-0.2, 0) is 28.5 Å². The smallest absolute Gasteiger partial charge is 0.305 e. The summed E-state index contributed by atoms with van der Waals surface area (Å²) in [6.07, 6.45) is 6.33. The number of esters is 1. The lowest BCUT2D eigenvalue weighted by Gasteiger charge is -2.32. The van der Waals surface area contributed by atoms with Gasteiger partial charge in [0.2, 0.25) is 0 Å². The molecule has 6 aliphatic rings. The van der Waals surface area contributed by atoms with Crippen LogP contribution in [-0.4, -0.2) is 125 Å². The maximum absolute atomic E-state index is 12.4. The molecule has 5 heterocycles. The normalized spacial score (nSPS) is 46.2. The summed E-state index contributed by atoms with van der Waals surface area (Å²) >= 11 is 0. The van der Waals surface area contributed by atoms with Crippen molar-refractivity contribution in [2.45, 2.75) is 147 Å². The standard InChI is InChI=1S/C41H74N4O7/c1-9-27-22(2)30-21-35-38(26(6)52-17-16-51-15-14-50-13-12-48-7)24(4)32(43-35)19-31-23(3)28(10-11-37(47)49-8)40(44-31)29-18-36(46)39-25(5)33(45-41(29)39)20-34(27)42-30/h22-36,38-46H,9-21H2,1-8H3/t22?,23-,24?,25?,26?,27?,28-,29?,30?,31?,32?,33?,34?,35?,36?,38?,39?,40?,41?/m0/s1. The first-order valence-electron chi connectivity index (χ1n) is 21.1. The van der Waals surface area contributed by atoms with E-state index in [0.29, 0.717) is 136 Å². The fraction of sp³-hybridized carbons (Fsp3) is 0.976. The molecule has 17 unspecified atom stereocenters. The van der Waals surface area contributed by atoms with E-state index in [1.54, 1.807) is 7.11 Å². The number of ether oxygens (including phenoxy) is 5. The Kier molecular flexibility index (Phi) is 14.4. The minimum atomic E-state index is -0.289. The van der Waals surface area contributed by atoms with Gasteiger partial charge in [0.1, 0.15) is 0 Å². The van der Waals surface area contributed by atoms with E-state index in [2.05, 4.69) is 62.8 Å². The molecule has 6 rings (SSSR count). The van der Waals surface area contributed by atoms with Crippen LogP contribution < -0.4 is 21.3 Å². The second-order valence-electron chi connectivity index (χ2n) is 17.8. The molecule has 0 aromatic heterocycles. The summed E-state index contributed by atoms with van der Waals surface area (Å²) in [5.41, 5.74) is 0. The summed E-state index contributed by atoms with van der Waals surface area (Å²) in [5, 5.41) is 28.5. The Morgan fingerprint density at radius 2 is 1.27 bits per heavy atom. The Morgan fingerprint density at radius 1 is 0.692 bits per heavy atom. The predicted molar refractivity (Wildman–Crippen MR) is 202 cm³/mol. The topological polar surface area (TPSA) is 132 Å². The van der Waals surface area contributed by atoms with Crippen molar-refractivity contribution < 1.29 is 33.6 Å². The summed E-state index contributed by atoms with van der Waals surface area (Å²) in [5.74, 6) is 3.73. The van der Waals surface area contributed by atoms with E-state index in [0.717, 1.165) is 32.1 Å². The van der Waals surface area contributed by atoms with Gasteiger partial charge in [-0.05, 0) is 80.5 Å². The summed E-state index contributed by atoms with van der Waals surface area (Å²) in [6, 6.07) is 2.90. The predicted octanol–water partition coefficient (Wildman–Crippen LogP) is 3.37. The van der Waals surface area contributed by atoms with Gasteiger partial charge in [-0.2, -0.15) is 0 Å². The third-order valence-corrected chi connectivity index (χ3v) is 15.4. The lowest BCUT2D eigenvalue weighted by Crippen LogP contribution is -2.49. The van der Waals surface area contributed by atoms with Crippen molar-refractivity contribution >= 4 is 5.97 Å². The average molecular weight is 735 g/mol.